The maximum Gasteiger partial charge on any atom is 0.404 e. The van der Waals surface area contributed by atoms with Crippen LogP contribution >= 0.6 is 11.6 Å². The van der Waals surface area contributed by atoms with Crippen molar-refractivity contribution in [3.05, 3.63) is 27.8 Å². The average molecular weight is 290 g/mol. The molecule has 1 aromatic carbocycles. The summed E-state index contributed by atoms with van der Waals surface area (Å²) in [5.74, 6) is 0.503. The van der Waals surface area contributed by atoms with Gasteiger partial charge in [0.15, 0.2) is 11.5 Å². The summed E-state index contributed by atoms with van der Waals surface area (Å²) in [6, 6.07) is 2.58. The number of nitro benzene ring substituents is 1. The van der Waals surface area contributed by atoms with Gasteiger partial charge in [-0.05, 0) is 13.0 Å². The van der Waals surface area contributed by atoms with Gasteiger partial charge < -0.3 is 14.2 Å². The standard InChI is InChI=1S/C11H12ClNO6/c1-6(19-11(12)14)7-4-9(17-2)10(18-3)5-8(7)13(15)16/h4-6H,1-3H3. The number of nitro groups is 1. The summed E-state index contributed by atoms with van der Waals surface area (Å²) in [7, 11) is 2.76. The molecule has 1 atom stereocenters. The Morgan fingerprint density at radius 3 is 2.26 bits per heavy atom. The molecule has 0 saturated heterocycles. The Bertz CT molecular complexity index is 504. The normalized spacial score (nSPS) is 11.6. The summed E-state index contributed by atoms with van der Waals surface area (Å²) >= 11 is 5.10. The maximum absolute atomic E-state index is 11.0. The lowest BCUT2D eigenvalue weighted by Crippen LogP contribution is -2.06. The van der Waals surface area contributed by atoms with Gasteiger partial charge in [-0.2, -0.15) is 0 Å². The predicted molar refractivity (Wildman–Crippen MR) is 66.9 cm³/mol. The van der Waals surface area contributed by atoms with Crippen molar-refractivity contribution >= 4 is 22.7 Å². The highest BCUT2D eigenvalue weighted by Gasteiger charge is 2.25. The lowest BCUT2D eigenvalue weighted by Gasteiger charge is -2.14. The first kappa shape index (κ1) is 15.0. The summed E-state index contributed by atoms with van der Waals surface area (Å²) in [5, 5.41) is 11.0. The van der Waals surface area contributed by atoms with E-state index in [1.165, 1.54) is 33.3 Å². The second-order valence-corrected chi connectivity index (χ2v) is 3.83. The van der Waals surface area contributed by atoms with E-state index in [-0.39, 0.29) is 17.0 Å². The van der Waals surface area contributed by atoms with Gasteiger partial charge in [0.2, 0.25) is 0 Å². The van der Waals surface area contributed by atoms with Crippen LogP contribution in [-0.2, 0) is 4.74 Å². The van der Waals surface area contributed by atoms with Gasteiger partial charge in [-0.3, -0.25) is 10.1 Å². The number of halogens is 1. The summed E-state index contributed by atoms with van der Waals surface area (Å²) in [5.41, 5.74) is -1.13. The van der Waals surface area contributed by atoms with Gasteiger partial charge in [-0.15, -0.1) is 0 Å². The van der Waals surface area contributed by atoms with Crippen molar-refractivity contribution in [3.63, 3.8) is 0 Å². The Morgan fingerprint density at radius 1 is 1.32 bits per heavy atom. The zero-order chi connectivity index (χ0) is 14.6. The number of ether oxygens (including phenoxy) is 3. The number of methoxy groups -OCH3 is 2. The zero-order valence-corrected chi connectivity index (χ0v) is 11.3. The highest BCUT2D eigenvalue weighted by Crippen LogP contribution is 2.38. The molecular weight excluding hydrogens is 278 g/mol. The van der Waals surface area contributed by atoms with E-state index in [1.54, 1.807) is 0 Å². The summed E-state index contributed by atoms with van der Waals surface area (Å²) in [6.45, 7) is 1.47. The molecule has 0 N–H and O–H groups in total. The van der Waals surface area contributed by atoms with E-state index in [0.717, 1.165) is 0 Å². The van der Waals surface area contributed by atoms with Crippen molar-refractivity contribution in [2.24, 2.45) is 0 Å². The van der Waals surface area contributed by atoms with Crippen LogP contribution in [0.1, 0.15) is 18.6 Å². The molecule has 1 unspecified atom stereocenters. The van der Waals surface area contributed by atoms with E-state index in [1.807, 2.05) is 0 Å². The van der Waals surface area contributed by atoms with Crippen LogP contribution in [0.5, 0.6) is 11.5 Å². The third-order valence-electron chi connectivity index (χ3n) is 2.44. The average Bonchev–Trinajstić information content (AvgIpc) is 2.35. The Labute approximate surface area is 114 Å². The van der Waals surface area contributed by atoms with E-state index >= 15 is 0 Å². The molecule has 1 rings (SSSR count). The third-order valence-corrected chi connectivity index (χ3v) is 2.53. The Balaban J connectivity index is 3.34. The Morgan fingerprint density at radius 2 is 1.84 bits per heavy atom. The van der Waals surface area contributed by atoms with Crippen LogP contribution in [0, 0.1) is 10.1 Å². The fourth-order valence-electron chi connectivity index (χ4n) is 1.57. The quantitative estimate of drug-likeness (QED) is 0.470. The molecule has 0 bridgehead atoms. The largest absolute Gasteiger partial charge is 0.493 e. The molecule has 104 valence electrons. The summed E-state index contributed by atoms with van der Waals surface area (Å²) < 4.78 is 14.8. The molecule has 0 aliphatic heterocycles. The van der Waals surface area contributed by atoms with Gasteiger partial charge >= 0.3 is 5.43 Å². The summed E-state index contributed by atoms with van der Waals surface area (Å²) in [6.07, 6.45) is -0.884. The minimum Gasteiger partial charge on any atom is -0.493 e. The SMILES string of the molecule is COc1cc(C(C)OC(=O)Cl)c([N+](=O)[O-])cc1OC. The monoisotopic (exact) mass is 289 g/mol. The number of hydrogen-bond donors (Lipinski definition) is 0. The molecule has 8 heteroatoms. The van der Waals surface area contributed by atoms with E-state index in [2.05, 4.69) is 0 Å². The highest BCUT2D eigenvalue weighted by molar-refractivity contribution is 6.61. The molecule has 0 heterocycles. The molecule has 7 nitrogen and oxygen atoms in total. The predicted octanol–water partition coefficient (Wildman–Crippen LogP) is 3.05. The molecule has 1 aromatic rings. The van der Waals surface area contributed by atoms with E-state index in [0.29, 0.717) is 5.75 Å². The molecule has 0 aromatic heterocycles. The van der Waals surface area contributed by atoms with Crippen LogP contribution in [0.15, 0.2) is 12.1 Å². The number of hydrogen-bond acceptors (Lipinski definition) is 6. The van der Waals surface area contributed by atoms with Crippen LogP contribution in [0.25, 0.3) is 0 Å². The molecule has 0 fully saturated rings. The topological polar surface area (TPSA) is 87.9 Å². The first-order valence-corrected chi connectivity index (χ1v) is 5.55. The van der Waals surface area contributed by atoms with E-state index in [4.69, 9.17) is 25.8 Å². The van der Waals surface area contributed by atoms with Crippen LogP contribution in [0.4, 0.5) is 10.5 Å². The van der Waals surface area contributed by atoms with Crippen molar-refractivity contribution in [2.45, 2.75) is 13.0 Å². The summed E-state index contributed by atoms with van der Waals surface area (Å²) in [4.78, 5) is 21.1. The molecule has 19 heavy (non-hydrogen) atoms. The maximum atomic E-state index is 11.0. The molecule has 0 radical (unpaired) electrons. The van der Waals surface area contributed by atoms with Crippen molar-refractivity contribution in [2.75, 3.05) is 14.2 Å². The lowest BCUT2D eigenvalue weighted by atomic mass is 10.1. The number of carbonyl (C=O) groups is 1. The number of carbonyl (C=O) groups excluding carboxylic acids is 1. The second kappa shape index (κ2) is 6.24. The first-order valence-electron chi connectivity index (χ1n) is 5.17. The third kappa shape index (κ3) is 3.47. The van der Waals surface area contributed by atoms with E-state index < -0.39 is 16.5 Å². The Kier molecular flexibility index (Phi) is 4.94. The molecular formula is C11H12ClNO6. The van der Waals surface area contributed by atoms with Gasteiger partial charge in [0.1, 0.15) is 6.10 Å². The lowest BCUT2D eigenvalue weighted by molar-refractivity contribution is -0.386. The molecule has 0 amide bonds. The van der Waals surface area contributed by atoms with Crippen LogP contribution < -0.4 is 9.47 Å². The fourth-order valence-corrected chi connectivity index (χ4v) is 1.70. The van der Waals surface area contributed by atoms with Gasteiger partial charge in [-0.25, -0.2) is 4.79 Å². The second-order valence-electron chi connectivity index (χ2n) is 3.52. The number of benzene rings is 1. The molecule has 0 spiro atoms. The van der Waals surface area contributed by atoms with Crippen molar-refractivity contribution < 1.29 is 23.9 Å². The zero-order valence-electron chi connectivity index (χ0n) is 10.5. The first-order chi connectivity index (χ1) is 8.90. The van der Waals surface area contributed by atoms with Crippen molar-refractivity contribution in [3.8, 4) is 11.5 Å². The van der Waals surface area contributed by atoms with Crippen LogP contribution in [0.3, 0.4) is 0 Å². The minimum atomic E-state index is -1.04. The minimum absolute atomic E-state index is 0.164. The van der Waals surface area contributed by atoms with Gasteiger partial charge in [0.25, 0.3) is 5.69 Å². The van der Waals surface area contributed by atoms with Crippen LogP contribution in [0.2, 0.25) is 0 Å². The van der Waals surface area contributed by atoms with Gasteiger partial charge in [0, 0.05) is 11.6 Å². The van der Waals surface area contributed by atoms with E-state index in [9.17, 15) is 14.9 Å². The van der Waals surface area contributed by atoms with Crippen LogP contribution in [-0.4, -0.2) is 24.6 Å². The van der Waals surface area contributed by atoms with Gasteiger partial charge in [-0.1, -0.05) is 0 Å². The Hall–Kier alpha value is -2.02. The molecule has 0 saturated carbocycles. The molecule has 0 aliphatic carbocycles. The van der Waals surface area contributed by atoms with Crippen molar-refractivity contribution in [1.82, 2.24) is 0 Å². The highest BCUT2D eigenvalue weighted by atomic mass is 35.5. The van der Waals surface area contributed by atoms with Crippen molar-refractivity contribution in [1.29, 1.82) is 0 Å². The molecule has 0 aliphatic rings. The smallest absolute Gasteiger partial charge is 0.404 e. The fraction of sp³-hybridized carbons (Fsp3) is 0.364. The number of rotatable bonds is 5. The number of nitrogens with zero attached hydrogens (tertiary/aromatic N) is 1. The van der Waals surface area contributed by atoms with Gasteiger partial charge in [0.05, 0.1) is 30.8 Å².